The average molecular weight is 925 g/mol. The van der Waals surface area contributed by atoms with Gasteiger partial charge in [-0.25, -0.2) is 0 Å². The quantitative estimate of drug-likeness (QED) is 0.105. The summed E-state index contributed by atoms with van der Waals surface area (Å²) < 4.78 is 0. The fourth-order valence-electron chi connectivity index (χ4n) is 6.54. The van der Waals surface area contributed by atoms with Crippen LogP contribution < -0.4 is 60.1 Å². The molecule has 0 saturated carbocycles. The van der Waals surface area contributed by atoms with Crippen LogP contribution in [0.5, 0.6) is 0 Å². The molecule has 0 spiro atoms. The maximum absolute atomic E-state index is 2.23. The largest absolute Gasteiger partial charge is 2.00 e. The molecule has 0 fully saturated rings. The van der Waals surface area contributed by atoms with Crippen molar-refractivity contribution in [3.05, 3.63) is 273 Å². The molecule has 0 bridgehead atoms. The minimum Gasteiger partial charge on any atom is -1.00 e. The molecule has 0 amide bonds. The standard InChI is InChI=1S/3C18H15P.ClH.Rh/c3*1-4-10-16(11-5-1)19(17-12-6-2-7-13-17)18-14-8-3-9-15-18;;/h3*1-15H;1H;/q;;;;+2/p-1. The van der Waals surface area contributed by atoms with E-state index in [9.17, 15) is 0 Å². The van der Waals surface area contributed by atoms with Crippen molar-refractivity contribution in [3.63, 3.8) is 0 Å². The Labute approximate surface area is 373 Å². The van der Waals surface area contributed by atoms with E-state index in [4.69, 9.17) is 0 Å². The minimum absolute atomic E-state index is 0. The summed E-state index contributed by atoms with van der Waals surface area (Å²) in [5, 5.41) is 12.6. The first kappa shape index (κ1) is 45.3. The second-order valence-corrected chi connectivity index (χ2v) is 19.7. The SMILES string of the molecule is [Cl-].[Rh+2].c1ccc(P(c2ccccc2)c2ccccc2)cc1.c1ccc(P(c2ccccc2)c2ccccc2)cc1.c1ccc(P(c2ccccc2)c2ccccc2)cc1. The molecular formula is C54H45ClP3Rh+. The van der Waals surface area contributed by atoms with Crippen molar-refractivity contribution in [1.29, 1.82) is 0 Å². The van der Waals surface area contributed by atoms with Crippen LogP contribution in [0, 0.1) is 0 Å². The predicted octanol–water partition coefficient (Wildman–Crippen LogP) is 7.34. The van der Waals surface area contributed by atoms with Crippen molar-refractivity contribution >= 4 is 71.5 Å². The zero-order valence-corrected chi connectivity index (χ0v) is 37.6. The van der Waals surface area contributed by atoms with E-state index in [2.05, 4.69) is 273 Å². The molecule has 9 rings (SSSR count). The summed E-state index contributed by atoms with van der Waals surface area (Å²) in [6.45, 7) is 0. The van der Waals surface area contributed by atoms with E-state index in [1.165, 1.54) is 47.7 Å². The van der Waals surface area contributed by atoms with Crippen molar-refractivity contribution in [2.75, 3.05) is 0 Å². The molecular weight excluding hydrogens is 880 g/mol. The van der Waals surface area contributed by atoms with Crippen LogP contribution in [-0.2, 0) is 19.5 Å². The summed E-state index contributed by atoms with van der Waals surface area (Å²) in [7, 11) is -1.34. The topological polar surface area (TPSA) is 0 Å². The van der Waals surface area contributed by atoms with Gasteiger partial charge in [-0.2, -0.15) is 0 Å². The molecule has 5 heteroatoms. The first-order chi connectivity index (χ1) is 28.3. The van der Waals surface area contributed by atoms with E-state index in [1.807, 2.05) is 0 Å². The molecule has 0 heterocycles. The van der Waals surface area contributed by atoms with Crippen molar-refractivity contribution in [3.8, 4) is 0 Å². The van der Waals surface area contributed by atoms with Gasteiger partial charge < -0.3 is 12.4 Å². The number of rotatable bonds is 9. The van der Waals surface area contributed by atoms with Gasteiger partial charge in [0.15, 0.2) is 0 Å². The molecule has 1 radical (unpaired) electrons. The number of benzene rings is 9. The Morgan fingerprint density at radius 3 is 0.322 bits per heavy atom. The first-order valence-electron chi connectivity index (χ1n) is 19.2. The van der Waals surface area contributed by atoms with Crippen LogP contribution in [0.1, 0.15) is 0 Å². The van der Waals surface area contributed by atoms with Crippen molar-refractivity contribution in [1.82, 2.24) is 0 Å². The number of hydrogen-bond donors (Lipinski definition) is 0. The van der Waals surface area contributed by atoms with E-state index >= 15 is 0 Å². The summed E-state index contributed by atoms with van der Waals surface area (Å²) in [4.78, 5) is 0. The molecule has 0 atom stereocenters. The summed E-state index contributed by atoms with van der Waals surface area (Å²) >= 11 is 0. The number of halogens is 1. The van der Waals surface area contributed by atoms with Gasteiger partial charge in [-0.3, -0.25) is 0 Å². The summed E-state index contributed by atoms with van der Waals surface area (Å²) in [5.74, 6) is 0. The molecule has 0 nitrogen and oxygen atoms in total. The van der Waals surface area contributed by atoms with Gasteiger partial charge in [-0.1, -0.05) is 273 Å². The summed E-state index contributed by atoms with van der Waals surface area (Å²) in [6, 6.07) is 97.0. The zero-order chi connectivity index (χ0) is 38.7. The van der Waals surface area contributed by atoms with Gasteiger partial charge in [0.1, 0.15) is 0 Å². The van der Waals surface area contributed by atoms with E-state index in [0.717, 1.165) is 0 Å². The smallest absolute Gasteiger partial charge is 1.00 e. The van der Waals surface area contributed by atoms with Crippen molar-refractivity contribution < 1.29 is 31.9 Å². The Kier molecular flexibility index (Phi) is 19.1. The summed E-state index contributed by atoms with van der Waals surface area (Å²) in [6.07, 6.45) is 0. The number of hydrogen-bond acceptors (Lipinski definition) is 0. The van der Waals surface area contributed by atoms with E-state index in [1.54, 1.807) is 0 Å². The van der Waals surface area contributed by atoms with Crippen LogP contribution in [0.25, 0.3) is 0 Å². The van der Waals surface area contributed by atoms with Gasteiger partial charge in [0.25, 0.3) is 0 Å². The molecule has 9 aromatic rings. The third-order valence-electron chi connectivity index (χ3n) is 9.13. The Bertz CT molecular complexity index is 1870. The van der Waals surface area contributed by atoms with Crippen molar-refractivity contribution in [2.24, 2.45) is 0 Å². The van der Waals surface area contributed by atoms with Crippen LogP contribution in [-0.4, -0.2) is 0 Å². The molecule has 0 saturated heterocycles. The van der Waals surface area contributed by atoms with Gasteiger partial charge in [0.05, 0.1) is 0 Å². The second kappa shape index (κ2) is 25.0. The molecule has 9 aromatic carbocycles. The first-order valence-corrected chi connectivity index (χ1v) is 23.2. The van der Waals surface area contributed by atoms with Crippen LogP contribution in [0.3, 0.4) is 0 Å². The molecule has 0 aliphatic carbocycles. The molecule has 0 aliphatic heterocycles. The van der Waals surface area contributed by atoms with E-state index < -0.39 is 23.8 Å². The Balaban J connectivity index is 0.000000165. The van der Waals surface area contributed by atoms with Gasteiger partial charge in [0, 0.05) is 0 Å². The molecule has 0 unspecified atom stereocenters. The average Bonchev–Trinajstić information content (AvgIpc) is 3.30. The Morgan fingerprint density at radius 2 is 0.237 bits per heavy atom. The second-order valence-electron chi connectivity index (χ2n) is 13.0. The molecule has 291 valence electrons. The third-order valence-corrected chi connectivity index (χ3v) is 16.5. The molecule has 0 aliphatic rings. The van der Waals surface area contributed by atoms with Gasteiger partial charge in [0.2, 0.25) is 0 Å². The van der Waals surface area contributed by atoms with Gasteiger partial charge >= 0.3 is 19.5 Å². The predicted molar refractivity (Wildman–Crippen MR) is 255 cm³/mol. The Morgan fingerprint density at radius 1 is 0.153 bits per heavy atom. The van der Waals surface area contributed by atoms with Crippen LogP contribution in [0.4, 0.5) is 0 Å². The Hall–Kier alpha value is -4.82. The monoisotopic (exact) mass is 924 g/mol. The molecule has 0 N–H and O–H groups in total. The van der Waals surface area contributed by atoms with Crippen LogP contribution in [0.15, 0.2) is 273 Å². The fourth-order valence-corrected chi connectivity index (χ4v) is 13.5. The fraction of sp³-hybridized carbons (Fsp3) is 0. The third kappa shape index (κ3) is 13.1. The minimum atomic E-state index is -0.446. The normalized spacial score (nSPS) is 10.2. The van der Waals surface area contributed by atoms with Gasteiger partial charge in [-0.15, -0.1) is 0 Å². The molecule has 59 heavy (non-hydrogen) atoms. The van der Waals surface area contributed by atoms with E-state index in [-0.39, 0.29) is 31.9 Å². The summed E-state index contributed by atoms with van der Waals surface area (Å²) in [5.41, 5.74) is 0. The zero-order valence-electron chi connectivity index (χ0n) is 32.5. The van der Waals surface area contributed by atoms with E-state index in [0.29, 0.717) is 0 Å². The van der Waals surface area contributed by atoms with Gasteiger partial charge in [-0.05, 0) is 71.5 Å². The maximum Gasteiger partial charge on any atom is 2.00 e. The van der Waals surface area contributed by atoms with Crippen LogP contribution in [0.2, 0.25) is 0 Å². The van der Waals surface area contributed by atoms with Crippen molar-refractivity contribution in [2.45, 2.75) is 0 Å². The van der Waals surface area contributed by atoms with Crippen LogP contribution >= 0.6 is 23.8 Å². The maximum atomic E-state index is 2.23. The molecule has 0 aromatic heterocycles.